The molecule has 1 aliphatic heterocycles. The molecule has 3 rings (SSSR count). The summed E-state index contributed by atoms with van der Waals surface area (Å²) < 4.78 is 10.1. The summed E-state index contributed by atoms with van der Waals surface area (Å²) in [5.74, 6) is 0.356. The Labute approximate surface area is 168 Å². The van der Waals surface area contributed by atoms with E-state index in [0.29, 0.717) is 18.0 Å². The number of nitrogens with one attached hydrogen (secondary N) is 2. The second-order valence-corrected chi connectivity index (χ2v) is 6.43. The van der Waals surface area contributed by atoms with E-state index in [9.17, 15) is 14.4 Å². The summed E-state index contributed by atoms with van der Waals surface area (Å²) in [6, 6.07) is 9.27. The van der Waals surface area contributed by atoms with E-state index in [1.165, 1.54) is 13.3 Å². The molecule has 152 valence electrons. The van der Waals surface area contributed by atoms with Crippen molar-refractivity contribution in [2.24, 2.45) is 0 Å². The number of pyridine rings is 1. The number of carbonyl (C=O) groups is 3. The van der Waals surface area contributed by atoms with E-state index in [0.717, 1.165) is 16.2 Å². The van der Waals surface area contributed by atoms with Crippen LogP contribution < -0.4 is 20.1 Å². The van der Waals surface area contributed by atoms with Crippen molar-refractivity contribution in [2.45, 2.75) is 18.9 Å². The average Bonchev–Trinajstić information content (AvgIpc) is 2.99. The highest BCUT2D eigenvalue weighted by atomic mass is 16.5. The molecule has 9 heteroatoms. The van der Waals surface area contributed by atoms with Gasteiger partial charge in [0.25, 0.3) is 5.91 Å². The fraction of sp³-hybridized carbons (Fsp3) is 0.300. The van der Waals surface area contributed by atoms with Crippen molar-refractivity contribution in [3.63, 3.8) is 0 Å². The van der Waals surface area contributed by atoms with Gasteiger partial charge >= 0.3 is 6.03 Å². The minimum atomic E-state index is -0.885. The molecule has 1 saturated heterocycles. The smallest absolute Gasteiger partial charge is 0.324 e. The molecule has 1 atom stereocenters. The Balaban J connectivity index is 1.52. The van der Waals surface area contributed by atoms with Gasteiger partial charge in [-0.3, -0.25) is 14.5 Å². The van der Waals surface area contributed by atoms with Crippen molar-refractivity contribution >= 4 is 23.5 Å². The second kappa shape index (κ2) is 9.05. The monoisotopic (exact) mass is 398 g/mol. The minimum absolute atomic E-state index is 0.157. The van der Waals surface area contributed by atoms with Gasteiger partial charge in [-0.15, -0.1) is 0 Å². The van der Waals surface area contributed by atoms with Gasteiger partial charge in [0, 0.05) is 12.6 Å². The maximum atomic E-state index is 12.5. The van der Waals surface area contributed by atoms with Crippen molar-refractivity contribution in [2.75, 3.05) is 26.1 Å². The molecule has 1 aromatic heterocycles. The van der Waals surface area contributed by atoms with Crippen molar-refractivity contribution in [3.05, 3.63) is 48.2 Å². The number of nitrogens with zero attached hydrogens (tertiary/aromatic N) is 2. The van der Waals surface area contributed by atoms with Crippen LogP contribution in [0.3, 0.4) is 0 Å². The molecule has 1 fully saturated rings. The fourth-order valence-corrected chi connectivity index (χ4v) is 2.93. The number of amides is 4. The summed E-state index contributed by atoms with van der Waals surface area (Å²) in [5.41, 5.74) is 1.45. The number of aromatic nitrogens is 1. The third-order valence-corrected chi connectivity index (χ3v) is 4.51. The number of carbonyl (C=O) groups excluding carboxylic acids is 3. The van der Waals surface area contributed by atoms with Crippen molar-refractivity contribution < 1.29 is 23.9 Å². The van der Waals surface area contributed by atoms with Gasteiger partial charge in [0.05, 0.1) is 32.5 Å². The molecule has 1 unspecified atom stereocenters. The molecule has 4 amide bonds. The van der Waals surface area contributed by atoms with Gasteiger partial charge in [0.15, 0.2) is 0 Å². The van der Waals surface area contributed by atoms with Crippen LogP contribution in [0.4, 0.5) is 10.5 Å². The third kappa shape index (κ3) is 5.01. The molecule has 2 aromatic rings. The van der Waals surface area contributed by atoms with Crippen molar-refractivity contribution in [1.82, 2.24) is 15.2 Å². The van der Waals surface area contributed by atoms with Crippen LogP contribution in [0.1, 0.15) is 12.0 Å². The molecule has 0 aliphatic carbocycles. The van der Waals surface area contributed by atoms with E-state index in [2.05, 4.69) is 15.6 Å². The van der Waals surface area contributed by atoms with Gasteiger partial charge in [0.1, 0.15) is 11.8 Å². The zero-order valence-electron chi connectivity index (χ0n) is 16.2. The Morgan fingerprint density at radius 1 is 1.14 bits per heavy atom. The van der Waals surface area contributed by atoms with E-state index >= 15 is 0 Å². The molecule has 0 saturated carbocycles. The maximum absolute atomic E-state index is 12.5. The zero-order chi connectivity index (χ0) is 20.8. The predicted molar refractivity (Wildman–Crippen MR) is 105 cm³/mol. The Kier molecular flexibility index (Phi) is 6.28. The van der Waals surface area contributed by atoms with Crippen LogP contribution in [0.15, 0.2) is 42.6 Å². The Bertz CT molecular complexity index is 883. The SMILES string of the molecule is COc1ccc(CCN2C(=O)NC(CC(=O)Nc3ccc(OC)nc3)C2=O)cc1. The van der Waals surface area contributed by atoms with E-state index in [1.54, 1.807) is 19.2 Å². The van der Waals surface area contributed by atoms with Gasteiger partial charge in [-0.25, -0.2) is 9.78 Å². The molecule has 2 heterocycles. The molecule has 29 heavy (non-hydrogen) atoms. The van der Waals surface area contributed by atoms with E-state index in [-0.39, 0.29) is 13.0 Å². The average molecular weight is 398 g/mol. The zero-order valence-corrected chi connectivity index (χ0v) is 16.2. The summed E-state index contributed by atoms with van der Waals surface area (Å²) in [6.07, 6.45) is 1.81. The van der Waals surface area contributed by atoms with Gasteiger partial charge < -0.3 is 20.1 Å². The quantitative estimate of drug-likeness (QED) is 0.654. The van der Waals surface area contributed by atoms with Gasteiger partial charge in [-0.1, -0.05) is 12.1 Å². The normalized spacial score (nSPS) is 15.8. The lowest BCUT2D eigenvalue weighted by molar-refractivity contribution is -0.129. The van der Waals surface area contributed by atoms with Crippen LogP contribution >= 0.6 is 0 Å². The Morgan fingerprint density at radius 2 is 1.90 bits per heavy atom. The second-order valence-electron chi connectivity index (χ2n) is 6.43. The first-order valence-electron chi connectivity index (χ1n) is 9.05. The lowest BCUT2D eigenvalue weighted by Gasteiger charge is -2.13. The molecule has 9 nitrogen and oxygen atoms in total. The minimum Gasteiger partial charge on any atom is -0.497 e. The summed E-state index contributed by atoms with van der Waals surface area (Å²) in [6.45, 7) is 0.234. The lowest BCUT2D eigenvalue weighted by atomic mass is 10.1. The molecule has 0 spiro atoms. The number of benzene rings is 1. The standard InChI is InChI=1S/C20H22N4O5/c1-28-15-6-3-13(4-7-15)9-10-24-19(26)16(23-20(24)27)11-17(25)22-14-5-8-18(29-2)21-12-14/h3-8,12,16H,9-11H2,1-2H3,(H,22,25)(H,23,27). The number of ether oxygens (including phenoxy) is 2. The third-order valence-electron chi connectivity index (χ3n) is 4.51. The summed E-state index contributed by atoms with van der Waals surface area (Å²) in [4.78, 5) is 42.0. The first kappa shape index (κ1) is 20.1. The highest BCUT2D eigenvalue weighted by Crippen LogP contribution is 2.16. The number of urea groups is 1. The summed E-state index contributed by atoms with van der Waals surface area (Å²) >= 11 is 0. The van der Waals surface area contributed by atoms with Gasteiger partial charge in [-0.2, -0.15) is 0 Å². The molecule has 1 aliphatic rings. The highest BCUT2D eigenvalue weighted by molar-refractivity contribution is 6.06. The summed E-state index contributed by atoms with van der Waals surface area (Å²) in [5, 5.41) is 5.21. The largest absolute Gasteiger partial charge is 0.497 e. The van der Waals surface area contributed by atoms with Gasteiger partial charge in [-0.05, 0) is 30.2 Å². The van der Waals surface area contributed by atoms with Crippen LogP contribution in [0, 0.1) is 0 Å². The topological polar surface area (TPSA) is 110 Å². The van der Waals surface area contributed by atoms with Crippen LogP contribution in [-0.2, 0) is 16.0 Å². The van der Waals surface area contributed by atoms with Crippen LogP contribution in [0.2, 0.25) is 0 Å². The number of imide groups is 1. The number of anilines is 1. The number of hydrogen-bond donors (Lipinski definition) is 2. The van der Waals surface area contributed by atoms with E-state index < -0.39 is 23.9 Å². The summed E-state index contributed by atoms with van der Waals surface area (Å²) in [7, 11) is 3.08. The van der Waals surface area contributed by atoms with Crippen LogP contribution in [0.5, 0.6) is 11.6 Å². The van der Waals surface area contributed by atoms with E-state index in [1.807, 2.05) is 24.3 Å². The van der Waals surface area contributed by atoms with Crippen molar-refractivity contribution in [1.29, 1.82) is 0 Å². The van der Waals surface area contributed by atoms with E-state index in [4.69, 9.17) is 9.47 Å². The highest BCUT2D eigenvalue weighted by Gasteiger charge is 2.38. The molecular weight excluding hydrogens is 376 g/mol. The fourth-order valence-electron chi connectivity index (χ4n) is 2.93. The lowest BCUT2D eigenvalue weighted by Crippen LogP contribution is -2.34. The molecule has 1 aromatic carbocycles. The first-order valence-corrected chi connectivity index (χ1v) is 9.05. The Hall–Kier alpha value is -3.62. The van der Waals surface area contributed by atoms with Gasteiger partial charge in [0.2, 0.25) is 11.8 Å². The molecule has 0 bridgehead atoms. The number of hydrogen-bond acceptors (Lipinski definition) is 6. The molecule has 0 radical (unpaired) electrons. The van der Waals surface area contributed by atoms with Crippen LogP contribution in [0.25, 0.3) is 0 Å². The van der Waals surface area contributed by atoms with Crippen LogP contribution in [-0.4, -0.2) is 54.5 Å². The Morgan fingerprint density at radius 3 is 2.52 bits per heavy atom. The predicted octanol–water partition coefficient (Wildman–Crippen LogP) is 1.59. The first-order chi connectivity index (χ1) is 14.0. The van der Waals surface area contributed by atoms with Crippen molar-refractivity contribution in [3.8, 4) is 11.6 Å². The molecule has 2 N–H and O–H groups in total. The maximum Gasteiger partial charge on any atom is 0.324 e. The number of methoxy groups -OCH3 is 2. The molecular formula is C20H22N4O5. The number of rotatable bonds is 8.